The number of aromatic amines is 1. The van der Waals surface area contributed by atoms with Gasteiger partial charge in [-0.2, -0.15) is 0 Å². The number of benzene rings is 1. The standard InChI is InChI=1S/C23H24N6O3/c1-14-7-8-15(2)17(11-14)13-29-21-19(26-27-29)22(30)25-20(24-21)16-5-3-9-28(12-16)23(31)18-6-4-10-32-18/h4,6-8,10-11,16H,3,5,9,12-13H2,1-2H3,(H,24,25,30)/t16-/m1/s1. The van der Waals surface area contributed by atoms with E-state index in [4.69, 9.17) is 9.40 Å². The van der Waals surface area contributed by atoms with Gasteiger partial charge in [-0.15, -0.1) is 5.10 Å². The molecular weight excluding hydrogens is 408 g/mol. The van der Waals surface area contributed by atoms with Crippen LogP contribution in [0.15, 0.2) is 45.8 Å². The zero-order chi connectivity index (χ0) is 22.2. The summed E-state index contributed by atoms with van der Waals surface area (Å²) in [7, 11) is 0. The molecule has 0 saturated carbocycles. The fourth-order valence-corrected chi connectivity index (χ4v) is 4.26. The van der Waals surface area contributed by atoms with Gasteiger partial charge in [-0.25, -0.2) is 9.67 Å². The Hall–Kier alpha value is -3.75. The van der Waals surface area contributed by atoms with Crippen LogP contribution in [0.1, 0.15) is 51.8 Å². The van der Waals surface area contributed by atoms with Gasteiger partial charge in [-0.05, 0) is 49.9 Å². The average Bonchev–Trinajstić information content (AvgIpc) is 3.47. The molecule has 164 valence electrons. The number of fused-ring (bicyclic) bond motifs is 1. The number of H-pyrrole nitrogens is 1. The van der Waals surface area contributed by atoms with Crippen LogP contribution in [-0.2, 0) is 6.54 Å². The van der Waals surface area contributed by atoms with Crippen LogP contribution in [0.2, 0.25) is 0 Å². The van der Waals surface area contributed by atoms with Crippen LogP contribution < -0.4 is 5.56 Å². The summed E-state index contributed by atoms with van der Waals surface area (Å²) in [6.07, 6.45) is 3.14. The smallest absolute Gasteiger partial charge is 0.289 e. The molecule has 0 bridgehead atoms. The highest BCUT2D eigenvalue weighted by atomic mass is 16.3. The number of carbonyl (C=O) groups excluding carboxylic acids is 1. The van der Waals surface area contributed by atoms with Crippen LogP contribution in [-0.4, -0.2) is 48.9 Å². The van der Waals surface area contributed by atoms with Gasteiger partial charge in [0, 0.05) is 19.0 Å². The van der Waals surface area contributed by atoms with E-state index in [-0.39, 0.29) is 22.9 Å². The van der Waals surface area contributed by atoms with Crippen molar-refractivity contribution in [3.8, 4) is 0 Å². The van der Waals surface area contributed by atoms with Gasteiger partial charge < -0.3 is 14.3 Å². The molecule has 0 unspecified atom stereocenters. The van der Waals surface area contributed by atoms with Crippen LogP contribution in [0.5, 0.6) is 0 Å². The van der Waals surface area contributed by atoms with Crippen molar-refractivity contribution in [3.05, 3.63) is 75.2 Å². The van der Waals surface area contributed by atoms with Crippen molar-refractivity contribution < 1.29 is 9.21 Å². The minimum Gasteiger partial charge on any atom is -0.459 e. The number of rotatable bonds is 4. The summed E-state index contributed by atoms with van der Waals surface area (Å²) >= 11 is 0. The molecule has 4 aromatic rings. The highest BCUT2D eigenvalue weighted by molar-refractivity contribution is 5.91. The molecule has 1 amide bonds. The SMILES string of the molecule is Cc1ccc(C)c(Cn2nnc3c(=O)[nH]c([C@@H]4CCCN(C(=O)c5ccco5)C4)nc32)c1. The first-order valence-corrected chi connectivity index (χ1v) is 10.7. The third-order valence-corrected chi connectivity index (χ3v) is 6.04. The van der Waals surface area contributed by atoms with E-state index < -0.39 is 0 Å². The summed E-state index contributed by atoms with van der Waals surface area (Å²) in [5.41, 5.74) is 3.77. The molecule has 1 aliphatic rings. The van der Waals surface area contributed by atoms with Crippen molar-refractivity contribution in [1.29, 1.82) is 0 Å². The van der Waals surface area contributed by atoms with Crippen LogP contribution in [0.4, 0.5) is 0 Å². The zero-order valence-corrected chi connectivity index (χ0v) is 18.0. The van der Waals surface area contributed by atoms with Crippen molar-refractivity contribution in [3.63, 3.8) is 0 Å². The number of piperidine rings is 1. The van der Waals surface area contributed by atoms with Crippen LogP contribution >= 0.6 is 0 Å². The predicted octanol–water partition coefficient (Wildman–Crippen LogP) is 2.79. The first kappa shape index (κ1) is 20.2. The molecule has 4 heterocycles. The Morgan fingerprint density at radius 1 is 1.28 bits per heavy atom. The van der Waals surface area contributed by atoms with E-state index in [0.717, 1.165) is 29.5 Å². The van der Waals surface area contributed by atoms with E-state index in [9.17, 15) is 9.59 Å². The van der Waals surface area contributed by atoms with Crippen molar-refractivity contribution >= 4 is 17.1 Å². The molecule has 5 rings (SSSR count). The Kier molecular flexibility index (Phi) is 5.08. The Balaban J connectivity index is 1.46. The molecule has 1 aromatic carbocycles. The molecular formula is C23H24N6O3. The number of aryl methyl sites for hydroxylation is 2. The molecule has 0 radical (unpaired) electrons. The zero-order valence-electron chi connectivity index (χ0n) is 18.0. The molecule has 0 aliphatic carbocycles. The number of amides is 1. The van der Waals surface area contributed by atoms with E-state index >= 15 is 0 Å². The maximum atomic E-state index is 12.7. The number of aromatic nitrogens is 5. The number of nitrogens with one attached hydrogen (secondary N) is 1. The minimum absolute atomic E-state index is 0.0798. The third kappa shape index (κ3) is 3.70. The van der Waals surface area contributed by atoms with E-state index in [1.807, 2.05) is 13.8 Å². The molecule has 9 nitrogen and oxygen atoms in total. The largest absolute Gasteiger partial charge is 0.459 e. The van der Waals surface area contributed by atoms with Crippen molar-refractivity contribution in [2.24, 2.45) is 0 Å². The number of carbonyl (C=O) groups is 1. The van der Waals surface area contributed by atoms with Crippen LogP contribution in [0.3, 0.4) is 0 Å². The normalized spacial score (nSPS) is 16.6. The topological polar surface area (TPSA) is 110 Å². The van der Waals surface area contributed by atoms with Crippen LogP contribution in [0, 0.1) is 13.8 Å². The molecule has 9 heteroatoms. The van der Waals surface area contributed by atoms with Gasteiger partial charge in [-0.3, -0.25) is 9.59 Å². The molecule has 1 N–H and O–H groups in total. The van der Waals surface area contributed by atoms with Gasteiger partial charge in [-0.1, -0.05) is 29.0 Å². The summed E-state index contributed by atoms with van der Waals surface area (Å²) in [5.74, 6) is 0.649. The second-order valence-electron chi connectivity index (χ2n) is 8.37. The summed E-state index contributed by atoms with van der Waals surface area (Å²) in [4.78, 5) is 34.8. The first-order valence-electron chi connectivity index (χ1n) is 10.7. The third-order valence-electron chi connectivity index (χ3n) is 6.04. The Morgan fingerprint density at radius 2 is 2.16 bits per heavy atom. The Morgan fingerprint density at radius 3 is 2.97 bits per heavy atom. The predicted molar refractivity (Wildman–Crippen MR) is 118 cm³/mol. The fourth-order valence-electron chi connectivity index (χ4n) is 4.26. The molecule has 1 saturated heterocycles. The highest BCUT2D eigenvalue weighted by Gasteiger charge is 2.29. The maximum absolute atomic E-state index is 12.7. The number of likely N-dealkylation sites (tertiary alicyclic amines) is 1. The molecule has 32 heavy (non-hydrogen) atoms. The molecule has 0 spiro atoms. The van der Waals surface area contributed by atoms with Gasteiger partial charge in [0.25, 0.3) is 11.5 Å². The van der Waals surface area contributed by atoms with Gasteiger partial charge in [0.1, 0.15) is 5.82 Å². The number of hydrogen-bond acceptors (Lipinski definition) is 6. The van der Waals surface area contributed by atoms with Gasteiger partial charge in [0.15, 0.2) is 16.9 Å². The van der Waals surface area contributed by atoms with Gasteiger partial charge >= 0.3 is 0 Å². The Bertz CT molecular complexity index is 1340. The van der Waals surface area contributed by atoms with Gasteiger partial charge in [0.05, 0.1) is 12.8 Å². The monoisotopic (exact) mass is 432 g/mol. The lowest BCUT2D eigenvalue weighted by atomic mass is 9.97. The van der Waals surface area contributed by atoms with E-state index in [2.05, 4.69) is 33.5 Å². The fraction of sp³-hybridized carbons (Fsp3) is 0.348. The second-order valence-corrected chi connectivity index (χ2v) is 8.37. The van der Waals surface area contributed by atoms with Crippen LogP contribution in [0.25, 0.3) is 11.2 Å². The summed E-state index contributed by atoms with van der Waals surface area (Å²) in [6.45, 7) is 5.68. The summed E-state index contributed by atoms with van der Waals surface area (Å²) in [6, 6.07) is 9.61. The lowest BCUT2D eigenvalue weighted by molar-refractivity contribution is 0.0672. The van der Waals surface area contributed by atoms with Crippen molar-refractivity contribution in [2.45, 2.75) is 39.2 Å². The summed E-state index contributed by atoms with van der Waals surface area (Å²) in [5, 5.41) is 8.25. The summed E-state index contributed by atoms with van der Waals surface area (Å²) < 4.78 is 6.93. The van der Waals surface area contributed by atoms with Crippen molar-refractivity contribution in [1.82, 2.24) is 29.9 Å². The number of hydrogen-bond donors (Lipinski definition) is 1. The quantitative estimate of drug-likeness (QED) is 0.531. The maximum Gasteiger partial charge on any atom is 0.289 e. The number of furan rings is 1. The Labute approximate surface area is 184 Å². The highest BCUT2D eigenvalue weighted by Crippen LogP contribution is 2.26. The average molecular weight is 432 g/mol. The molecule has 1 aliphatic heterocycles. The molecule has 3 aromatic heterocycles. The van der Waals surface area contributed by atoms with E-state index in [1.165, 1.54) is 6.26 Å². The van der Waals surface area contributed by atoms with E-state index in [0.29, 0.717) is 36.9 Å². The van der Waals surface area contributed by atoms with E-state index in [1.54, 1.807) is 21.7 Å². The first-order chi connectivity index (χ1) is 15.5. The minimum atomic E-state index is -0.313. The molecule has 1 atom stereocenters. The lowest BCUT2D eigenvalue weighted by Gasteiger charge is -2.31. The molecule has 1 fully saturated rings. The number of nitrogens with zero attached hydrogens (tertiary/aromatic N) is 5. The lowest BCUT2D eigenvalue weighted by Crippen LogP contribution is -2.39. The second kappa shape index (κ2) is 8.07. The van der Waals surface area contributed by atoms with Crippen molar-refractivity contribution in [2.75, 3.05) is 13.1 Å². The van der Waals surface area contributed by atoms with Gasteiger partial charge in [0.2, 0.25) is 0 Å².